The number of H-pyrrole nitrogens is 1. The highest BCUT2D eigenvalue weighted by Gasteiger charge is 2.45. The lowest BCUT2D eigenvalue weighted by Crippen LogP contribution is -2.61. The smallest absolute Gasteiger partial charge is 0.370 e. The Bertz CT molecular complexity index is 1890. The number of primary amides is 1. The van der Waals surface area contributed by atoms with E-state index >= 15 is 0 Å². The van der Waals surface area contributed by atoms with Gasteiger partial charge in [-0.25, -0.2) is 4.52 Å². The number of hydrogen-bond donors (Lipinski definition) is 7. The first-order valence-corrected chi connectivity index (χ1v) is 18.5. The van der Waals surface area contributed by atoms with Gasteiger partial charge < -0.3 is 46.3 Å². The second-order valence-corrected chi connectivity index (χ2v) is 14.5. The Morgan fingerprint density at radius 2 is 1.83 bits per heavy atom. The third-order valence-corrected chi connectivity index (χ3v) is 10.6. The number of aromatic nitrogens is 1. The fraction of sp³-hybridized carbons (Fsp3) is 0.457. The molecule has 2 aromatic carbocycles. The first-order valence-electron chi connectivity index (χ1n) is 17.4. The number of aromatic amines is 1. The maximum Gasteiger partial charge on any atom is 0.389 e. The molecule has 0 bridgehead atoms. The van der Waals surface area contributed by atoms with Crippen LogP contribution in [-0.4, -0.2) is 98.4 Å². The normalized spacial score (nSPS) is 22.5. The van der Waals surface area contributed by atoms with Crippen LogP contribution in [0.1, 0.15) is 71.7 Å². The summed E-state index contributed by atoms with van der Waals surface area (Å²) in [5.74, 6) is -2.84. The molecule has 1 aliphatic carbocycles. The Labute approximate surface area is 304 Å². The predicted molar refractivity (Wildman–Crippen MR) is 188 cm³/mol. The molecule has 8 N–H and O–H groups in total. The average Bonchev–Trinajstić information content (AvgIpc) is 3.84. The number of nitrogens with two attached hydrogens (primary N) is 1. The maximum atomic E-state index is 14.3. The fourth-order valence-electron chi connectivity index (χ4n) is 7.53. The monoisotopic (exact) mass is 757 g/mol. The standard InChI is InChI=1S/C35H42F2N7O8P/c1-43-15-14-22-8-12-29(33(48)41-26(11-13-30(38)45)31(46)40-25-9-6-19-4-2-3-5-23(19)25)44(22)34(49)28(18-43)42-32(47)27-17-20-16-21(7-10-24(20)39-27)35(36,37)52-53(50)51/h2-5,7,10,16-17,22,25-26,28-29,39,50-51H,6,8-9,11-15,18H2,1H3,(H2,38,45)(H,40,46)(H,41,48)(H,42,47)/t22-,25+,26+,28+,29+/m1/s1. The molecule has 1 aromatic heterocycles. The number of nitrogens with one attached hydrogen (secondary N) is 4. The molecule has 3 aliphatic rings. The molecule has 3 aromatic rings. The number of likely N-dealkylation sites (N-methyl/N-ethyl adjacent to an activating group) is 1. The van der Waals surface area contributed by atoms with E-state index < -0.39 is 67.9 Å². The Morgan fingerprint density at radius 3 is 2.58 bits per heavy atom. The molecule has 3 heterocycles. The van der Waals surface area contributed by atoms with Gasteiger partial charge >= 0.3 is 14.7 Å². The first-order chi connectivity index (χ1) is 25.2. The third kappa shape index (κ3) is 8.65. The molecule has 2 fully saturated rings. The van der Waals surface area contributed by atoms with Gasteiger partial charge in [-0.15, -0.1) is 0 Å². The van der Waals surface area contributed by atoms with Crippen LogP contribution in [0.2, 0.25) is 0 Å². The largest absolute Gasteiger partial charge is 0.389 e. The summed E-state index contributed by atoms with van der Waals surface area (Å²) in [5, 5.41) is 8.75. The maximum absolute atomic E-state index is 14.3. The summed E-state index contributed by atoms with van der Waals surface area (Å²) in [6.07, 6.45) is -1.28. The third-order valence-electron chi connectivity index (χ3n) is 10.2. The lowest BCUT2D eigenvalue weighted by Gasteiger charge is -2.38. The van der Waals surface area contributed by atoms with E-state index in [1.807, 2.05) is 36.2 Å². The molecule has 2 saturated heterocycles. The Kier molecular flexibility index (Phi) is 11.4. The van der Waals surface area contributed by atoms with Crippen LogP contribution in [0.15, 0.2) is 48.5 Å². The predicted octanol–water partition coefficient (Wildman–Crippen LogP) is 1.79. The van der Waals surface area contributed by atoms with Crippen LogP contribution in [0.25, 0.3) is 10.9 Å². The van der Waals surface area contributed by atoms with Crippen molar-refractivity contribution in [1.82, 2.24) is 30.7 Å². The molecule has 5 amide bonds. The number of hydrogen-bond acceptors (Lipinski definition) is 9. The lowest BCUT2D eigenvalue weighted by atomic mass is 10.1. The topological polar surface area (TPSA) is 219 Å². The van der Waals surface area contributed by atoms with Crippen molar-refractivity contribution in [2.75, 3.05) is 20.1 Å². The van der Waals surface area contributed by atoms with Crippen molar-refractivity contribution < 1.29 is 47.1 Å². The van der Waals surface area contributed by atoms with E-state index in [9.17, 15) is 32.8 Å². The van der Waals surface area contributed by atoms with Crippen LogP contribution in [0.3, 0.4) is 0 Å². The molecule has 0 unspecified atom stereocenters. The zero-order valence-electron chi connectivity index (χ0n) is 28.9. The van der Waals surface area contributed by atoms with Crippen molar-refractivity contribution in [3.63, 3.8) is 0 Å². The number of aryl methyl sites for hydroxylation is 1. The highest BCUT2D eigenvalue weighted by molar-refractivity contribution is 7.39. The lowest BCUT2D eigenvalue weighted by molar-refractivity contribution is -0.189. The van der Waals surface area contributed by atoms with Crippen molar-refractivity contribution in [3.05, 3.63) is 70.9 Å². The van der Waals surface area contributed by atoms with Gasteiger partial charge in [0.05, 0.1) is 11.6 Å². The minimum absolute atomic E-state index is 0.0223. The molecule has 6 rings (SSSR count). The number of rotatable bonds is 12. The van der Waals surface area contributed by atoms with Crippen molar-refractivity contribution in [1.29, 1.82) is 0 Å². The second-order valence-electron chi connectivity index (χ2n) is 13.8. The summed E-state index contributed by atoms with van der Waals surface area (Å²) >= 11 is 0. The summed E-state index contributed by atoms with van der Waals surface area (Å²) in [6, 6.07) is 8.74. The van der Waals surface area contributed by atoms with Gasteiger partial charge in [0.1, 0.15) is 23.8 Å². The van der Waals surface area contributed by atoms with Crippen LogP contribution >= 0.6 is 8.60 Å². The zero-order valence-corrected chi connectivity index (χ0v) is 29.8. The van der Waals surface area contributed by atoms with Gasteiger partial charge in [-0.05, 0) is 87.5 Å². The van der Waals surface area contributed by atoms with Gasteiger partial charge in [-0.2, -0.15) is 8.78 Å². The molecule has 2 aliphatic heterocycles. The minimum atomic E-state index is -4.00. The number of carbonyl (C=O) groups excluding carboxylic acids is 5. The van der Waals surface area contributed by atoms with E-state index in [0.29, 0.717) is 37.7 Å². The molecule has 0 saturated carbocycles. The van der Waals surface area contributed by atoms with E-state index in [4.69, 9.17) is 15.5 Å². The Balaban J connectivity index is 1.17. The van der Waals surface area contributed by atoms with Crippen LogP contribution in [0, 0.1) is 0 Å². The van der Waals surface area contributed by atoms with Gasteiger partial charge in [-0.3, -0.25) is 24.0 Å². The van der Waals surface area contributed by atoms with Gasteiger partial charge in [0.25, 0.3) is 5.91 Å². The number of alkyl halides is 2. The second kappa shape index (κ2) is 15.8. The summed E-state index contributed by atoms with van der Waals surface area (Å²) in [7, 11) is -1.53. The number of nitrogens with zero attached hydrogens (tertiary/aromatic N) is 2. The van der Waals surface area contributed by atoms with Gasteiger partial charge in [-0.1, -0.05) is 24.3 Å². The summed E-state index contributed by atoms with van der Waals surface area (Å²) in [6.45, 7) is 0.685. The average molecular weight is 758 g/mol. The van der Waals surface area contributed by atoms with E-state index in [-0.39, 0.29) is 42.6 Å². The van der Waals surface area contributed by atoms with E-state index in [1.54, 1.807) is 0 Å². The van der Waals surface area contributed by atoms with Crippen LogP contribution in [0.4, 0.5) is 8.78 Å². The van der Waals surface area contributed by atoms with Gasteiger partial charge in [0, 0.05) is 29.9 Å². The summed E-state index contributed by atoms with van der Waals surface area (Å²) < 4.78 is 32.6. The quantitative estimate of drug-likeness (QED) is 0.134. The number of fused-ring (bicyclic) bond motifs is 3. The Morgan fingerprint density at radius 1 is 1.06 bits per heavy atom. The van der Waals surface area contributed by atoms with Crippen molar-refractivity contribution >= 4 is 49.0 Å². The molecule has 284 valence electrons. The van der Waals surface area contributed by atoms with Crippen molar-refractivity contribution in [2.24, 2.45) is 5.73 Å². The molecular weight excluding hydrogens is 715 g/mol. The highest BCUT2D eigenvalue weighted by Crippen LogP contribution is 2.42. The minimum Gasteiger partial charge on any atom is -0.370 e. The van der Waals surface area contributed by atoms with Crippen molar-refractivity contribution in [2.45, 2.75) is 81.3 Å². The molecule has 0 spiro atoms. The van der Waals surface area contributed by atoms with Crippen LogP contribution < -0.4 is 21.7 Å². The SMILES string of the molecule is CN1CC[C@H]2CC[C@@H](C(=O)N[C@@H](CCC(N)=O)C(=O)N[C@H]3CCc4ccccc43)N2C(=O)[C@@H](NC(=O)c2cc3cc(C(F)(F)OP(O)O)ccc3[nH]2)C1. The molecular formula is C35H42F2N7O8P. The summed E-state index contributed by atoms with van der Waals surface area (Å²) in [4.78, 5) is 91.0. The van der Waals surface area contributed by atoms with Gasteiger partial charge in [0.15, 0.2) is 0 Å². The number of amides is 5. The van der Waals surface area contributed by atoms with Crippen molar-refractivity contribution in [3.8, 4) is 0 Å². The van der Waals surface area contributed by atoms with Crippen LogP contribution in [-0.2, 0) is 36.2 Å². The molecule has 18 heteroatoms. The summed E-state index contributed by atoms with van der Waals surface area (Å²) in [5.41, 5.74) is 7.17. The van der Waals surface area contributed by atoms with E-state index in [2.05, 4.69) is 25.5 Å². The van der Waals surface area contributed by atoms with Gasteiger partial charge in [0.2, 0.25) is 23.6 Å². The fourth-order valence-corrected chi connectivity index (χ4v) is 7.84. The number of halogens is 2. The first kappa shape index (κ1) is 38.2. The molecule has 0 radical (unpaired) electrons. The zero-order chi connectivity index (χ0) is 38.0. The molecule has 5 atom stereocenters. The highest BCUT2D eigenvalue weighted by atomic mass is 31.2. The van der Waals surface area contributed by atoms with E-state index in [0.717, 1.165) is 29.7 Å². The van der Waals surface area contributed by atoms with Crippen LogP contribution in [0.5, 0.6) is 0 Å². The van der Waals surface area contributed by atoms with E-state index in [1.165, 1.54) is 17.0 Å². The number of carbonyl (C=O) groups is 5. The molecule has 53 heavy (non-hydrogen) atoms. The Hall–Kier alpha value is -4.54. The molecule has 15 nitrogen and oxygen atoms in total. The number of benzene rings is 2.